The third kappa shape index (κ3) is 6.79. The van der Waals surface area contributed by atoms with E-state index in [-0.39, 0.29) is 30.9 Å². The van der Waals surface area contributed by atoms with Crippen molar-refractivity contribution in [1.29, 1.82) is 0 Å². The van der Waals surface area contributed by atoms with Crippen molar-refractivity contribution in [2.24, 2.45) is 5.92 Å². The summed E-state index contributed by atoms with van der Waals surface area (Å²) in [5.74, 6) is -0.313. The number of aryl methyl sites for hydroxylation is 1. The van der Waals surface area contributed by atoms with Crippen LogP contribution in [0.3, 0.4) is 0 Å². The molecule has 5 nitrogen and oxygen atoms in total. The highest BCUT2D eigenvalue weighted by atomic mass is 16.5. The lowest BCUT2D eigenvalue weighted by Crippen LogP contribution is -2.38. The van der Waals surface area contributed by atoms with Gasteiger partial charge >= 0.3 is 5.97 Å². The Morgan fingerprint density at radius 2 is 2.00 bits per heavy atom. The van der Waals surface area contributed by atoms with E-state index in [2.05, 4.69) is 5.32 Å². The number of rotatable bonds is 7. The van der Waals surface area contributed by atoms with Crippen molar-refractivity contribution >= 4 is 17.6 Å². The second-order valence-electron chi connectivity index (χ2n) is 5.51. The topological polar surface area (TPSA) is 81.4 Å². The molecule has 0 saturated heterocycles. The van der Waals surface area contributed by atoms with Gasteiger partial charge in [-0.1, -0.05) is 26.0 Å². The highest BCUT2D eigenvalue weighted by Crippen LogP contribution is 2.09. The molecular weight excluding hydrogens is 268 g/mol. The largest absolute Gasteiger partial charge is 0.456 e. The van der Waals surface area contributed by atoms with E-state index in [1.807, 2.05) is 39.0 Å². The minimum absolute atomic E-state index is 0.0588. The van der Waals surface area contributed by atoms with Crippen LogP contribution >= 0.6 is 0 Å². The molecule has 0 saturated carbocycles. The van der Waals surface area contributed by atoms with Crippen molar-refractivity contribution in [3.63, 3.8) is 0 Å². The minimum Gasteiger partial charge on any atom is -0.456 e. The lowest BCUT2D eigenvalue weighted by Gasteiger charge is -2.17. The molecule has 0 spiro atoms. The molecule has 0 aliphatic heterocycles. The van der Waals surface area contributed by atoms with Crippen LogP contribution in [0.4, 0.5) is 5.69 Å². The number of benzene rings is 1. The van der Waals surface area contributed by atoms with Gasteiger partial charge in [-0.3, -0.25) is 9.59 Å². The number of amides is 1. The summed E-state index contributed by atoms with van der Waals surface area (Å²) in [5, 5.41) is 2.78. The molecule has 1 amide bonds. The van der Waals surface area contributed by atoms with E-state index in [9.17, 15) is 9.59 Å². The molecule has 1 unspecified atom stereocenters. The number of nitrogen functional groups attached to an aromatic ring is 1. The number of ether oxygens (including phenoxy) is 1. The number of hydrogen-bond donors (Lipinski definition) is 2. The normalized spacial score (nSPS) is 12.0. The molecular formula is C16H24N2O3. The summed E-state index contributed by atoms with van der Waals surface area (Å²) in [7, 11) is 0. The van der Waals surface area contributed by atoms with E-state index in [0.29, 0.717) is 18.0 Å². The summed E-state index contributed by atoms with van der Waals surface area (Å²) in [6.45, 7) is 5.72. The summed E-state index contributed by atoms with van der Waals surface area (Å²) in [5.41, 5.74) is 7.31. The summed E-state index contributed by atoms with van der Waals surface area (Å²) < 4.78 is 4.95. The quantitative estimate of drug-likeness (QED) is 0.594. The maximum atomic E-state index is 11.6. The average Bonchev–Trinajstić information content (AvgIpc) is 2.42. The molecule has 0 radical (unpaired) electrons. The van der Waals surface area contributed by atoms with Crippen molar-refractivity contribution in [3.8, 4) is 0 Å². The molecule has 116 valence electrons. The van der Waals surface area contributed by atoms with Crippen molar-refractivity contribution in [2.45, 2.75) is 39.7 Å². The van der Waals surface area contributed by atoms with Gasteiger partial charge in [0.1, 0.15) is 0 Å². The Morgan fingerprint density at radius 1 is 1.29 bits per heavy atom. The number of carbonyl (C=O) groups excluding carboxylic acids is 2. The third-order valence-corrected chi connectivity index (χ3v) is 3.32. The first kappa shape index (κ1) is 17.0. The number of nitrogens with one attached hydrogen (secondary N) is 1. The van der Waals surface area contributed by atoms with Gasteiger partial charge in [-0.15, -0.1) is 0 Å². The maximum absolute atomic E-state index is 11.6. The fourth-order valence-electron chi connectivity index (χ4n) is 1.68. The SMILES string of the molecule is CC(C)C(C)NC(=O)COC(=O)CCc1cccc(N)c1. The fraction of sp³-hybridized carbons (Fsp3) is 0.500. The summed E-state index contributed by atoms with van der Waals surface area (Å²) in [6, 6.07) is 7.42. The molecule has 0 aromatic heterocycles. The van der Waals surface area contributed by atoms with Crippen LogP contribution in [0.2, 0.25) is 0 Å². The van der Waals surface area contributed by atoms with Crippen LogP contribution in [0.25, 0.3) is 0 Å². The van der Waals surface area contributed by atoms with Gasteiger partial charge in [-0.2, -0.15) is 0 Å². The lowest BCUT2D eigenvalue weighted by molar-refractivity contribution is -0.148. The third-order valence-electron chi connectivity index (χ3n) is 3.32. The standard InChI is InChI=1S/C16H24N2O3/c1-11(2)12(3)18-15(19)10-21-16(20)8-7-13-5-4-6-14(17)9-13/h4-6,9,11-12H,7-8,10,17H2,1-3H3,(H,18,19). The molecule has 1 aromatic rings. The Labute approximate surface area is 125 Å². The van der Waals surface area contributed by atoms with Crippen molar-refractivity contribution in [2.75, 3.05) is 12.3 Å². The first-order chi connectivity index (χ1) is 9.88. The molecule has 1 atom stereocenters. The van der Waals surface area contributed by atoms with E-state index in [4.69, 9.17) is 10.5 Å². The molecule has 5 heteroatoms. The van der Waals surface area contributed by atoms with E-state index < -0.39 is 0 Å². The zero-order valence-corrected chi connectivity index (χ0v) is 12.9. The van der Waals surface area contributed by atoms with Gasteiger partial charge in [-0.25, -0.2) is 0 Å². The average molecular weight is 292 g/mol. The highest BCUT2D eigenvalue weighted by molar-refractivity contribution is 5.80. The molecule has 0 aliphatic rings. The number of carbonyl (C=O) groups is 2. The Bertz CT molecular complexity index is 486. The van der Waals surface area contributed by atoms with Gasteiger partial charge in [0, 0.05) is 18.2 Å². The first-order valence-corrected chi connectivity index (χ1v) is 7.18. The fourth-order valence-corrected chi connectivity index (χ4v) is 1.68. The van der Waals surface area contributed by atoms with Gasteiger partial charge in [0.15, 0.2) is 6.61 Å². The molecule has 0 heterocycles. The second kappa shape index (κ2) is 8.29. The number of esters is 1. The predicted octanol–water partition coefficient (Wildman–Crippen LogP) is 1.91. The van der Waals surface area contributed by atoms with Gasteiger partial charge < -0.3 is 15.8 Å². The monoisotopic (exact) mass is 292 g/mol. The van der Waals surface area contributed by atoms with Crippen LogP contribution in [0, 0.1) is 5.92 Å². The number of anilines is 1. The van der Waals surface area contributed by atoms with Crippen LogP contribution in [0.15, 0.2) is 24.3 Å². The Balaban J connectivity index is 2.26. The summed E-state index contributed by atoms with van der Waals surface area (Å²) in [4.78, 5) is 23.2. The van der Waals surface area contributed by atoms with Crippen LogP contribution in [0.5, 0.6) is 0 Å². The van der Waals surface area contributed by atoms with Crippen LogP contribution in [-0.4, -0.2) is 24.5 Å². The van der Waals surface area contributed by atoms with Crippen LogP contribution in [0.1, 0.15) is 32.8 Å². The predicted molar refractivity (Wildman–Crippen MR) is 82.6 cm³/mol. The molecule has 0 fully saturated rings. The zero-order valence-electron chi connectivity index (χ0n) is 12.9. The molecule has 21 heavy (non-hydrogen) atoms. The van der Waals surface area contributed by atoms with Crippen LogP contribution < -0.4 is 11.1 Å². The van der Waals surface area contributed by atoms with Crippen molar-refractivity contribution in [3.05, 3.63) is 29.8 Å². The van der Waals surface area contributed by atoms with E-state index >= 15 is 0 Å². The highest BCUT2D eigenvalue weighted by Gasteiger charge is 2.12. The molecule has 3 N–H and O–H groups in total. The van der Waals surface area contributed by atoms with Crippen molar-refractivity contribution < 1.29 is 14.3 Å². The van der Waals surface area contributed by atoms with E-state index in [1.165, 1.54) is 0 Å². The zero-order chi connectivity index (χ0) is 15.8. The van der Waals surface area contributed by atoms with Gasteiger partial charge in [0.25, 0.3) is 5.91 Å². The Kier molecular flexibility index (Phi) is 6.72. The maximum Gasteiger partial charge on any atom is 0.306 e. The first-order valence-electron chi connectivity index (χ1n) is 7.18. The molecule has 1 aromatic carbocycles. The molecule has 1 rings (SSSR count). The van der Waals surface area contributed by atoms with Crippen LogP contribution in [-0.2, 0) is 20.7 Å². The lowest BCUT2D eigenvalue weighted by atomic mass is 10.1. The van der Waals surface area contributed by atoms with E-state index in [1.54, 1.807) is 6.07 Å². The van der Waals surface area contributed by atoms with Gasteiger partial charge in [-0.05, 0) is 37.0 Å². The minimum atomic E-state index is -0.384. The number of nitrogens with two attached hydrogens (primary N) is 1. The summed E-state index contributed by atoms with van der Waals surface area (Å²) >= 11 is 0. The second-order valence-corrected chi connectivity index (χ2v) is 5.51. The number of hydrogen-bond acceptors (Lipinski definition) is 4. The van der Waals surface area contributed by atoms with Crippen molar-refractivity contribution in [1.82, 2.24) is 5.32 Å². The van der Waals surface area contributed by atoms with Gasteiger partial charge in [0.2, 0.25) is 0 Å². The van der Waals surface area contributed by atoms with Gasteiger partial charge in [0.05, 0.1) is 0 Å². The Hall–Kier alpha value is -2.04. The van der Waals surface area contributed by atoms with E-state index in [0.717, 1.165) is 5.56 Å². The Morgan fingerprint density at radius 3 is 2.62 bits per heavy atom. The smallest absolute Gasteiger partial charge is 0.306 e. The summed E-state index contributed by atoms with van der Waals surface area (Å²) in [6.07, 6.45) is 0.782. The molecule has 0 aliphatic carbocycles. The molecule has 0 bridgehead atoms.